The molecular weight excluding hydrogens is 306 g/mol. The lowest BCUT2D eigenvalue weighted by Crippen LogP contribution is -2.34. The number of nitrogens with zero attached hydrogens (tertiary/aromatic N) is 1. The molecule has 0 radical (unpaired) electrons. The molecule has 1 fully saturated rings. The minimum Gasteiger partial charge on any atom is -0.437 e. The maximum atomic E-state index is 12.2. The van der Waals surface area contributed by atoms with Gasteiger partial charge in [-0.3, -0.25) is 4.79 Å². The zero-order valence-electron chi connectivity index (χ0n) is 13.2. The number of aromatic nitrogens is 2. The SMILES string of the molecule is O=C1C=C(N[C@H]2CC[C@H](O)CC2)O/C1=C/c1c[nH]c2ncccc12. The Kier molecular flexibility index (Phi) is 3.82. The Morgan fingerprint density at radius 1 is 1.33 bits per heavy atom. The molecule has 1 aliphatic heterocycles. The van der Waals surface area contributed by atoms with Crippen molar-refractivity contribution in [1.29, 1.82) is 0 Å². The van der Waals surface area contributed by atoms with E-state index in [0.717, 1.165) is 42.3 Å². The van der Waals surface area contributed by atoms with E-state index in [0.29, 0.717) is 11.6 Å². The van der Waals surface area contributed by atoms with Gasteiger partial charge in [-0.2, -0.15) is 0 Å². The molecule has 2 aromatic heterocycles. The van der Waals surface area contributed by atoms with E-state index in [9.17, 15) is 9.90 Å². The van der Waals surface area contributed by atoms with E-state index in [1.807, 2.05) is 18.3 Å². The number of ketones is 1. The zero-order valence-corrected chi connectivity index (χ0v) is 13.2. The smallest absolute Gasteiger partial charge is 0.226 e. The van der Waals surface area contributed by atoms with Crippen LogP contribution in [0, 0.1) is 0 Å². The van der Waals surface area contributed by atoms with Crippen molar-refractivity contribution in [3.05, 3.63) is 47.8 Å². The van der Waals surface area contributed by atoms with Gasteiger partial charge < -0.3 is 20.1 Å². The second kappa shape index (κ2) is 6.13. The topological polar surface area (TPSA) is 87.2 Å². The first-order valence-electron chi connectivity index (χ1n) is 8.21. The van der Waals surface area contributed by atoms with Gasteiger partial charge in [0.05, 0.1) is 6.10 Å². The number of carbonyl (C=O) groups excluding carboxylic acids is 1. The number of H-pyrrole nitrogens is 1. The molecule has 124 valence electrons. The van der Waals surface area contributed by atoms with Crippen LogP contribution in [0.25, 0.3) is 17.1 Å². The first kappa shape index (κ1) is 15.0. The molecule has 0 atom stereocenters. The largest absolute Gasteiger partial charge is 0.437 e. The Morgan fingerprint density at radius 2 is 2.17 bits per heavy atom. The lowest BCUT2D eigenvalue weighted by molar-refractivity contribution is -0.112. The monoisotopic (exact) mass is 325 g/mol. The van der Waals surface area contributed by atoms with Crippen molar-refractivity contribution >= 4 is 22.9 Å². The molecule has 4 rings (SSSR count). The molecule has 24 heavy (non-hydrogen) atoms. The molecule has 3 N–H and O–H groups in total. The van der Waals surface area contributed by atoms with Gasteiger partial charge >= 0.3 is 0 Å². The van der Waals surface area contributed by atoms with Crippen LogP contribution in [0.4, 0.5) is 0 Å². The first-order valence-corrected chi connectivity index (χ1v) is 8.21. The zero-order chi connectivity index (χ0) is 16.5. The molecule has 2 aromatic rings. The maximum absolute atomic E-state index is 12.2. The fraction of sp³-hybridized carbons (Fsp3) is 0.333. The highest BCUT2D eigenvalue weighted by molar-refractivity contribution is 6.08. The molecular formula is C18H19N3O3. The molecule has 6 heteroatoms. The van der Waals surface area contributed by atoms with Gasteiger partial charge in [-0.15, -0.1) is 0 Å². The Bertz CT molecular complexity index is 829. The van der Waals surface area contributed by atoms with Crippen molar-refractivity contribution in [3.63, 3.8) is 0 Å². The normalized spacial score (nSPS) is 25.8. The number of rotatable bonds is 3. The number of aliphatic hydroxyl groups excluding tert-OH is 1. The third kappa shape index (κ3) is 2.92. The maximum Gasteiger partial charge on any atom is 0.226 e. The average molecular weight is 325 g/mol. The molecule has 6 nitrogen and oxygen atoms in total. The van der Waals surface area contributed by atoms with E-state index in [2.05, 4.69) is 15.3 Å². The quantitative estimate of drug-likeness (QED) is 0.753. The summed E-state index contributed by atoms with van der Waals surface area (Å²) in [7, 11) is 0. The molecule has 0 spiro atoms. The van der Waals surface area contributed by atoms with E-state index in [1.54, 1.807) is 12.3 Å². The first-order chi connectivity index (χ1) is 11.7. The minimum absolute atomic E-state index is 0.147. The molecule has 2 aliphatic rings. The van der Waals surface area contributed by atoms with Crippen molar-refractivity contribution in [1.82, 2.24) is 15.3 Å². The number of aliphatic hydroxyl groups is 1. The van der Waals surface area contributed by atoms with Crippen LogP contribution in [0.3, 0.4) is 0 Å². The van der Waals surface area contributed by atoms with Crippen LogP contribution in [0.2, 0.25) is 0 Å². The molecule has 1 aliphatic carbocycles. The van der Waals surface area contributed by atoms with E-state index in [-0.39, 0.29) is 17.9 Å². The number of aromatic amines is 1. The van der Waals surface area contributed by atoms with Gasteiger partial charge in [0.25, 0.3) is 0 Å². The third-order valence-corrected chi connectivity index (χ3v) is 4.54. The highest BCUT2D eigenvalue weighted by Gasteiger charge is 2.25. The van der Waals surface area contributed by atoms with Gasteiger partial charge in [-0.05, 0) is 43.9 Å². The Balaban J connectivity index is 1.47. The predicted octanol–water partition coefficient (Wildman–Crippen LogP) is 2.24. The van der Waals surface area contributed by atoms with Crippen LogP contribution in [0.15, 0.2) is 42.2 Å². The number of fused-ring (bicyclic) bond motifs is 1. The van der Waals surface area contributed by atoms with Gasteiger partial charge in [0.2, 0.25) is 5.78 Å². The summed E-state index contributed by atoms with van der Waals surface area (Å²) < 4.78 is 5.69. The van der Waals surface area contributed by atoms with Gasteiger partial charge in [0, 0.05) is 35.5 Å². The van der Waals surface area contributed by atoms with Crippen molar-refractivity contribution in [2.75, 3.05) is 0 Å². The number of hydrogen-bond acceptors (Lipinski definition) is 5. The third-order valence-electron chi connectivity index (χ3n) is 4.54. The second-order valence-electron chi connectivity index (χ2n) is 6.28. The highest BCUT2D eigenvalue weighted by atomic mass is 16.5. The predicted molar refractivity (Wildman–Crippen MR) is 89.6 cm³/mol. The molecule has 0 saturated heterocycles. The lowest BCUT2D eigenvalue weighted by Gasteiger charge is -2.26. The van der Waals surface area contributed by atoms with Gasteiger partial charge in [-0.25, -0.2) is 4.98 Å². The standard InChI is InChI=1S/C18H19N3O3/c22-13-5-3-12(4-6-13)21-17-9-15(23)16(24-17)8-11-10-20-18-14(11)2-1-7-19-18/h1-2,7-10,12-13,21-22H,3-6H2,(H,19,20)/b16-8+/t12-,13-. The van der Waals surface area contributed by atoms with Gasteiger partial charge in [0.1, 0.15) is 5.65 Å². The van der Waals surface area contributed by atoms with Crippen molar-refractivity contribution in [2.24, 2.45) is 0 Å². The molecule has 0 amide bonds. The van der Waals surface area contributed by atoms with E-state index in [4.69, 9.17) is 4.74 Å². The average Bonchev–Trinajstić information content (AvgIpc) is 3.14. The fourth-order valence-electron chi connectivity index (χ4n) is 3.22. The number of ether oxygens (including phenoxy) is 1. The van der Waals surface area contributed by atoms with Crippen molar-refractivity contribution in [3.8, 4) is 0 Å². The summed E-state index contributed by atoms with van der Waals surface area (Å²) in [5.41, 5.74) is 1.65. The highest BCUT2D eigenvalue weighted by Crippen LogP contribution is 2.25. The summed E-state index contributed by atoms with van der Waals surface area (Å²) >= 11 is 0. The van der Waals surface area contributed by atoms with Crippen LogP contribution >= 0.6 is 0 Å². The number of nitrogens with one attached hydrogen (secondary N) is 2. The number of hydrogen-bond donors (Lipinski definition) is 3. The summed E-state index contributed by atoms with van der Waals surface area (Å²) in [6.07, 6.45) is 9.88. The lowest BCUT2D eigenvalue weighted by atomic mass is 9.93. The molecule has 3 heterocycles. The Hall–Kier alpha value is -2.60. The number of carbonyl (C=O) groups is 1. The van der Waals surface area contributed by atoms with Crippen LogP contribution in [0.1, 0.15) is 31.2 Å². The minimum atomic E-state index is -0.200. The van der Waals surface area contributed by atoms with Crippen molar-refractivity contribution < 1.29 is 14.6 Å². The fourth-order valence-corrected chi connectivity index (χ4v) is 3.22. The van der Waals surface area contributed by atoms with Gasteiger partial charge in [-0.1, -0.05) is 0 Å². The summed E-state index contributed by atoms with van der Waals surface area (Å²) in [6.45, 7) is 0. The molecule has 0 aromatic carbocycles. The molecule has 1 saturated carbocycles. The van der Waals surface area contributed by atoms with Crippen LogP contribution in [0.5, 0.6) is 0 Å². The molecule has 0 bridgehead atoms. The summed E-state index contributed by atoms with van der Waals surface area (Å²) in [4.78, 5) is 19.5. The van der Waals surface area contributed by atoms with E-state index < -0.39 is 0 Å². The summed E-state index contributed by atoms with van der Waals surface area (Å²) in [5, 5.41) is 13.8. The Morgan fingerprint density at radius 3 is 3.00 bits per heavy atom. The van der Waals surface area contributed by atoms with Crippen LogP contribution < -0.4 is 5.32 Å². The van der Waals surface area contributed by atoms with Crippen LogP contribution in [-0.4, -0.2) is 33.0 Å². The van der Waals surface area contributed by atoms with Crippen molar-refractivity contribution in [2.45, 2.75) is 37.8 Å². The number of allylic oxidation sites excluding steroid dienone is 1. The Labute approximate surface area is 139 Å². The second-order valence-corrected chi connectivity index (χ2v) is 6.28. The van der Waals surface area contributed by atoms with E-state index in [1.165, 1.54) is 6.08 Å². The summed E-state index contributed by atoms with van der Waals surface area (Å²) in [5.74, 6) is 0.648. The summed E-state index contributed by atoms with van der Waals surface area (Å²) in [6, 6.07) is 4.05. The van der Waals surface area contributed by atoms with Gasteiger partial charge in [0.15, 0.2) is 11.6 Å². The van der Waals surface area contributed by atoms with E-state index >= 15 is 0 Å². The molecule has 0 unspecified atom stereocenters. The number of pyridine rings is 1. The van der Waals surface area contributed by atoms with Crippen LogP contribution in [-0.2, 0) is 9.53 Å².